The molecule has 3 rings (SSSR count). The number of phenolic OH excluding ortho intramolecular Hbond substituents is 1. The van der Waals surface area contributed by atoms with Crippen LogP contribution < -0.4 is 0 Å². The lowest BCUT2D eigenvalue weighted by Gasteiger charge is -2.33. The molecule has 0 bridgehead atoms. The van der Waals surface area contributed by atoms with E-state index in [4.69, 9.17) is 4.74 Å². The molecule has 2 aromatic rings. The van der Waals surface area contributed by atoms with Gasteiger partial charge in [-0.25, -0.2) is 0 Å². The first-order chi connectivity index (χ1) is 10.3. The molecule has 1 aromatic heterocycles. The minimum absolute atomic E-state index is 0.0427. The van der Waals surface area contributed by atoms with Crippen molar-refractivity contribution in [3.63, 3.8) is 0 Å². The second kappa shape index (κ2) is 6.24. The minimum Gasteiger partial charge on any atom is -0.506 e. The number of phenols is 1. The van der Waals surface area contributed by atoms with E-state index < -0.39 is 0 Å². The van der Waals surface area contributed by atoms with Gasteiger partial charge in [-0.15, -0.1) is 10.2 Å². The van der Waals surface area contributed by atoms with E-state index in [2.05, 4.69) is 22.0 Å². The largest absolute Gasteiger partial charge is 0.506 e. The molecule has 1 aliphatic heterocycles. The zero-order valence-electron chi connectivity index (χ0n) is 12.1. The predicted molar refractivity (Wildman–Crippen MR) is 78.4 cm³/mol. The van der Waals surface area contributed by atoms with E-state index in [1.165, 1.54) is 0 Å². The van der Waals surface area contributed by atoms with Crippen molar-refractivity contribution in [2.24, 2.45) is 0 Å². The van der Waals surface area contributed by atoms with Gasteiger partial charge >= 0.3 is 0 Å². The number of hydrogen-bond donors (Lipinski definition) is 1. The first kappa shape index (κ1) is 14.0. The second-order valence-corrected chi connectivity index (χ2v) is 5.28. The predicted octanol–water partition coefficient (Wildman–Crippen LogP) is 1.76. The van der Waals surface area contributed by atoms with Gasteiger partial charge in [-0.3, -0.25) is 9.47 Å². The molecule has 0 saturated carbocycles. The summed E-state index contributed by atoms with van der Waals surface area (Å²) < 4.78 is 7.59. The van der Waals surface area contributed by atoms with Gasteiger partial charge in [0, 0.05) is 13.1 Å². The van der Waals surface area contributed by atoms with Gasteiger partial charge in [0.25, 0.3) is 0 Å². The quantitative estimate of drug-likeness (QED) is 0.928. The number of ether oxygens (including phenoxy) is 1. The first-order valence-corrected chi connectivity index (χ1v) is 7.30. The van der Waals surface area contributed by atoms with Crippen molar-refractivity contribution >= 4 is 0 Å². The number of benzene rings is 1. The van der Waals surface area contributed by atoms with Gasteiger partial charge in [0.1, 0.15) is 18.4 Å². The van der Waals surface area contributed by atoms with Gasteiger partial charge in [0.05, 0.1) is 18.4 Å². The third-order valence-electron chi connectivity index (χ3n) is 3.76. The molecule has 0 spiro atoms. The molecule has 1 aromatic carbocycles. The zero-order chi connectivity index (χ0) is 14.7. The van der Waals surface area contributed by atoms with Crippen molar-refractivity contribution in [3.05, 3.63) is 36.4 Å². The maximum absolute atomic E-state index is 10.0. The van der Waals surface area contributed by atoms with Crippen LogP contribution in [-0.2, 0) is 4.74 Å². The maximum Gasteiger partial charge on any atom is 0.139 e. The maximum atomic E-state index is 10.0. The van der Waals surface area contributed by atoms with Crippen molar-refractivity contribution in [2.75, 3.05) is 26.2 Å². The number of aromatic hydroxyl groups is 1. The van der Waals surface area contributed by atoms with E-state index in [0.717, 1.165) is 38.2 Å². The number of morpholine rings is 1. The number of nitrogens with zero attached hydrogens (tertiary/aromatic N) is 4. The molecular weight excluding hydrogens is 268 g/mol. The highest BCUT2D eigenvalue weighted by atomic mass is 16.5. The molecule has 2 heterocycles. The summed E-state index contributed by atoms with van der Waals surface area (Å²) in [6.45, 7) is 5.90. The van der Waals surface area contributed by atoms with Crippen LogP contribution in [0.3, 0.4) is 0 Å². The molecular formula is C15H20N4O2. The van der Waals surface area contributed by atoms with E-state index in [9.17, 15) is 5.11 Å². The first-order valence-electron chi connectivity index (χ1n) is 7.30. The van der Waals surface area contributed by atoms with E-state index in [1.54, 1.807) is 23.3 Å². The second-order valence-electron chi connectivity index (χ2n) is 5.28. The van der Waals surface area contributed by atoms with E-state index in [-0.39, 0.29) is 11.9 Å². The molecule has 0 amide bonds. The van der Waals surface area contributed by atoms with E-state index in [0.29, 0.717) is 5.69 Å². The smallest absolute Gasteiger partial charge is 0.139 e. The Hall–Kier alpha value is -1.92. The third kappa shape index (κ3) is 3.06. The standard InChI is InChI=1S/C15H20N4O2/c1-2-5-18-6-7-21-15(9-18)12-3-4-14(20)13(8-12)19-10-16-17-11-19/h3-4,8,10-11,15,20H,2,5-7,9H2,1H3. The van der Waals surface area contributed by atoms with Crippen LogP contribution in [0.25, 0.3) is 5.69 Å². The molecule has 6 nitrogen and oxygen atoms in total. The van der Waals surface area contributed by atoms with Gasteiger partial charge in [0.2, 0.25) is 0 Å². The summed E-state index contributed by atoms with van der Waals surface area (Å²) in [5.74, 6) is 0.208. The molecule has 21 heavy (non-hydrogen) atoms. The molecule has 1 atom stereocenters. The number of hydrogen-bond acceptors (Lipinski definition) is 5. The molecule has 1 fully saturated rings. The van der Waals surface area contributed by atoms with Crippen LogP contribution in [0.1, 0.15) is 25.0 Å². The zero-order valence-corrected chi connectivity index (χ0v) is 12.1. The highest BCUT2D eigenvalue weighted by molar-refractivity contribution is 5.48. The summed E-state index contributed by atoms with van der Waals surface area (Å²) in [6.07, 6.45) is 4.34. The monoisotopic (exact) mass is 288 g/mol. The Balaban J connectivity index is 1.84. The average Bonchev–Trinajstić information content (AvgIpc) is 3.02. The van der Waals surface area contributed by atoms with Crippen LogP contribution in [0.5, 0.6) is 5.75 Å². The van der Waals surface area contributed by atoms with Gasteiger partial charge in [0.15, 0.2) is 0 Å². The number of rotatable bonds is 4. The van der Waals surface area contributed by atoms with Gasteiger partial charge in [-0.2, -0.15) is 0 Å². The summed E-state index contributed by atoms with van der Waals surface area (Å²) in [5, 5.41) is 17.6. The molecule has 1 unspecified atom stereocenters. The molecule has 112 valence electrons. The highest BCUT2D eigenvalue weighted by Gasteiger charge is 2.22. The Labute approximate surface area is 124 Å². The van der Waals surface area contributed by atoms with Gasteiger partial charge < -0.3 is 9.84 Å². The fraction of sp³-hybridized carbons (Fsp3) is 0.467. The summed E-state index contributed by atoms with van der Waals surface area (Å²) in [4.78, 5) is 2.42. The van der Waals surface area contributed by atoms with Crippen molar-refractivity contribution in [3.8, 4) is 11.4 Å². The van der Waals surface area contributed by atoms with Crippen LogP contribution in [0.4, 0.5) is 0 Å². The molecule has 0 aliphatic carbocycles. The van der Waals surface area contributed by atoms with Crippen LogP contribution in [0.2, 0.25) is 0 Å². The van der Waals surface area contributed by atoms with Crippen LogP contribution in [0, 0.1) is 0 Å². The van der Waals surface area contributed by atoms with Crippen LogP contribution >= 0.6 is 0 Å². The lowest BCUT2D eigenvalue weighted by Crippen LogP contribution is -2.38. The van der Waals surface area contributed by atoms with Crippen LogP contribution in [0.15, 0.2) is 30.9 Å². The lowest BCUT2D eigenvalue weighted by atomic mass is 10.1. The average molecular weight is 288 g/mol. The Kier molecular flexibility index (Phi) is 4.17. The molecule has 0 radical (unpaired) electrons. The summed E-state index contributed by atoms with van der Waals surface area (Å²) in [7, 11) is 0. The Morgan fingerprint density at radius 1 is 1.33 bits per heavy atom. The Morgan fingerprint density at radius 2 is 2.14 bits per heavy atom. The summed E-state index contributed by atoms with van der Waals surface area (Å²) in [6, 6.07) is 5.56. The fourth-order valence-corrected chi connectivity index (χ4v) is 2.70. The van der Waals surface area contributed by atoms with Crippen molar-refractivity contribution in [1.82, 2.24) is 19.7 Å². The summed E-state index contributed by atoms with van der Waals surface area (Å²) >= 11 is 0. The van der Waals surface area contributed by atoms with Crippen LogP contribution in [-0.4, -0.2) is 51.0 Å². The molecule has 1 N–H and O–H groups in total. The summed E-state index contributed by atoms with van der Waals surface area (Å²) in [5.41, 5.74) is 1.74. The van der Waals surface area contributed by atoms with Crippen molar-refractivity contribution in [2.45, 2.75) is 19.4 Å². The van der Waals surface area contributed by atoms with E-state index in [1.807, 2.05) is 12.1 Å². The lowest BCUT2D eigenvalue weighted by molar-refractivity contribution is -0.0298. The van der Waals surface area contributed by atoms with Crippen molar-refractivity contribution < 1.29 is 9.84 Å². The topological polar surface area (TPSA) is 63.4 Å². The normalized spacial score (nSPS) is 19.8. The van der Waals surface area contributed by atoms with E-state index >= 15 is 0 Å². The minimum atomic E-state index is 0.0427. The van der Waals surface area contributed by atoms with Gasteiger partial charge in [-0.05, 0) is 30.7 Å². The van der Waals surface area contributed by atoms with Gasteiger partial charge in [-0.1, -0.05) is 13.0 Å². The SMILES string of the molecule is CCCN1CCOC(c2ccc(O)c(-n3cnnc3)c2)C1. The highest BCUT2D eigenvalue weighted by Crippen LogP contribution is 2.29. The Morgan fingerprint density at radius 3 is 2.90 bits per heavy atom. The third-order valence-corrected chi connectivity index (χ3v) is 3.76. The molecule has 6 heteroatoms. The number of aromatic nitrogens is 3. The fourth-order valence-electron chi connectivity index (χ4n) is 2.70. The molecule has 1 aliphatic rings. The molecule has 1 saturated heterocycles. The Bertz CT molecular complexity index is 583. The van der Waals surface area contributed by atoms with Crippen molar-refractivity contribution in [1.29, 1.82) is 0 Å².